The highest BCUT2D eigenvalue weighted by molar-refractivity contribution is 5.66. The summed E-state index contributed by atoms with van der Waals surface area (Å²) < 4.78 is 0. The Morgan fingerprint density at radius 3 is 2.24 bits per heavy atom. The highest BCUT2D eigenvalue weighted by Crippen LogP contribution is 2.37. The van der Waals surface area contributed by atoms with Gasteiger partial charge in [0.05, 0.1) is 0 Å². The van der Waals surface area contributed by atoms with Gasteiger partial charge in [-0.15, -0.1) is 0 Å². The normalized spacial score (nSPS) is 30.0. The molecular weight excluding hydrogens is 252 g/mol. The lowest BCUT2D eigenvalue weighted by Gasteiger charge is -2.28. The Morgan fingerprint density at radius 2 is 1.67 bits per heavy atom. The average molecular weight is 282 g/mol. The van der Waals surface area contributed by atoms with E-state index in [0.29, 0.717) is 0 Å². The molecule has 0 radical (unpaired) electrons. The predicted octanol–water partition coefficient (Wildman–Crippen LogP) is 6.57. The molecule has 1 fully saturated rings. The van der Waals surface area contributed by atoms with Gasteiger partial charge in [0, 0.05) is 0 Å². The van der Waals surface area contributed by atoms with Crippen molar-refractivity contribution < 1.29 is 0 Å². The van der Waals surface area contributed by atoms with Gasteiger partial charge in [0.25, 0.3) is 0 Å². The maximum absolute atomic E-state index is 2.47. The fraction of sp³-hybridized carbons (Fsp3) is 0.619. The summed E-state index contributed by atoms with van der Waals surface area (Å²) in [6, 6.07) is 9.57. The lowest BCUT2D eigenvalue weighted by molar-refractivity contribution is 0.319. The van der Waals surface area contributed by atoms with Gasteiger partial charge in [0.15, 0.2) is 0 Å². The second kappa shape index (κ2) is 6.81. The second-order valence-corrected chi connectivity index (χ2v) is 7.36. The third kappa shape index (κ3) is 3.59. The van der Waals surface area contributed by atoms with Crippen molar-refractivity contribution in [3.63, 3.8) is 0 Å². The summed E-state index contributed by atoms with van der Waals surface area (Å²) in [6.07, 6.45) is 13.4. The number of benzene rings is 1. The third-order valence-corrected chi connectivity index (χ3v) is 5.85. The van der Waals surface area contributed by atoms with E-state index in [9.17, 15) is 0 Å². The quantitative estimate of drug-likeness (QED) is 0.588. The van der Waals surface area contributed by atoms with Gasteiger partial charge >= 0.3 is 0 Å². The Kier molecular flexibility index (Phi) is 4.83. The fourth-order valence-electron chi connectivity index (χ4n) is 4.10. The van der Waals surface area contributed by atoms with Crippen LogP contribution in [0.3, 0.4) is 0 Å². The van der Waals surface area contributed by atoms with Crippen LogP contribution in [0, 0.1) is 11.8 Å². The molecule has 0 saturated heterocycles. The number of allylic oxidation sites excluding steroid dienone is 2. The largest absolute Gasteiger partial charge is 0.0805 e. The zero-order valence-corrected chi connectivity index (χ0v) is 13.8. The lowest BCUT2D eigenvalue weighted by atomic mass is 9.77. The SMILES string of the molecule is CCC1CCC(c2ccc(C3=CCC(C)CC3)cc2)CC1. The fourth-order valence-corrected chi connectivity index (χ4v) is 4.10. The summed E-state index contributed by atoms with van der Waals surface area (Å²) in [5.74, 6) is 2.69. The standard InChI is InChI=1S/C21H30/c1-3-17-6-10-19(11-7-17)21-14-12-20(13-15-21)18-8-4-16(2)5-9-18/h8,12-17,19H,3-7,9-11H2,1-2H3. The van der Waals surface area contributed by atoms with E-state index in [4.69, 9.17) is 0 Å². The molecule has 1 aromatic carbocycles. The molecule has 0 aliphatic heterocycles. The van der Waals surface area contributed by atoms with E-state index >= 15 is 0 Å². The number of rotatable bonds is 3. The maximum atomic E-state index is 2.47. The zero-order chi connectivity index (χ0) is 14.7. The van der Waals surface area contributed by atoms with Gasteiger partial charge in [-0.3, -0.25) is 0 Å². The number of hydrogen-bond donors (Lipinski definition) is 0. The van der Waals surface area contributed by atoms with E-state index in [0.717, 1.165) is 17.8 Å². The van der Waals surface area contributed by atoms with Crippen LogP contribution in [-0.2, 0) is 0 Å². The molecule has 0 amide bonds. The molecule has 0 bridgehead atoms. The zero-order valence-electron chi connectivity index (χ0n) is 13.8. The van der Waals surface area contributed by atoms with E-state index in [-0.39, 0.29) is 0 Å². The van der Waals surface area contributed by atoms with Gasteiger partial charge in [0.2, 0.25) is 0 Å². The molecule has 114 valence electrons. The maximum Gasteiger partial charge on any atom is -0.0162 e. The lowest BCUT2D eigenvalue weighted by Crippen LogP contribution is -2.12. The monoisotopic (exact) mass is 282 g/mol. The Bertz CT molecular complexity index is 471. The third-order valence-electron chi connectivity index (χ3n) is 5.85. The minimum absolute atomic E-state index is 0.821. The van der Waals surface area contributed by atoms with Crippen LogP contribution < -0.4 is 0 Å². The molecule has 0 N–H and O–H groups in total. The number of hydrogen-bond acceptors (Lipinski definition) is 0. The van der Waals surface area contributed by atoms with E-state index in [2.05, 4.69) is 44.2 Å². The van der Waals surface area contributed by atoms with Crippen LogP contribution >= 0.6 is 0 Å². The molecule has 0 spiro atoms. The Morgan fingerprint density at radius 1 is 0.952 bits per heavy atom. The van der Waals surface area contributed by atoms with Gasteiger partial charge in [-0.2, -0.15) is 0 Å². The molecule has 1 aromatic rings. The van der Waals surface area contributed by atoms with Gasteiger partial charge in [-0.25, -0.2) is 0 Å². The smallest absolute Gasteiger partial charge is 0.0162 e. The summed E-state index contributed by atoms with van der Waals surface area (Å²) in [5.41, 5.74) is 4.63. The van der Waals surface area contributed by atoms with Crippen molar-refractivity contribution in [3.8, 4) is 0 Å². The van der Waals surface area contributed by atoms with E-state index in [1.54, 1.807) is 11.1 Å². The second-order valence-electron chi connectivity index (χ2n) is 7.36. The molecular formula is C21H30. The minimum atomic E-state index is 0.821. The van der Waals surface area contributed by atoms with Crippen molar-refractivity contribution in [2.24, 2.45) is 11.8 Å². The first-order chi connectivity index (χ1) is 10.3. The molecule has 2 aliphatic carbocycles. The molecule has 0 heteroatoms. The summed E-state index contributed by atoms with van der Waals surface area (Å²) in [7, 11) is 0. The van der Waals surface area contributed by atoms with Crippen LogP contribution in [0.15, 0.2) is 30.3 Å². The molecule has 3 rings (SSSR count). The Labute approximate surface area is 130 Å². The van der Waals surface area contributed by atoms with Crippen LogP contribution in [0.1, 0.15) is 82.3 Å². The topological polar surface area (TPSA) is 0 Å². The highest BCUT2D eigenvalue weighted by atomic mass is 14.3. The van der Waals surface area contributed by atoms with Crippen LogP contribution in [0.25, 0.3) is 5.57 Å². The van der Waals surface area contributed by atoms with E-state index < -0.39 is 0 Å². The van der Waals surface area contributed by atoms with Crippen molar-refractivity contribution in [2.45, 2.75) is 71.1 Å². The summed E-state index contributed by atoms with van der Waals surface area (Å²) in [4.78, 5) is 0. The molecule has 1 saturated carbocycles. The van der Waals surface area contributed by atoms with Crippen molar-refractivity contribution in [1.29, 1.82) is 0 Å². The van der Waals surface area contributed by atoms with Gasteiger partial charge in [-0.05, 0) is 79.4 Å². The first-order valence-corrected chi connectivity index (χ1v) is 9.05. The molecule has 21 heavy (non-hydrogen) atoms. The van der Waals surface area contributed by atoms with Gasteiger partial charge in [0.1, 0.15) is 0 Å². The summed E-state index contributed by atoms with van der Waals surface area (Å²) in [5, 5.41) is 0. The molecule has 1 unspecified atom stereocenters. The van der Waals surface area contributed by atoms with Crippen molar-refractivity contribution in [1.82, 2.24) is 0 Å². The predicted molar refractivity (Wildman–Crippen MR) is 92.4 cm³/mol. The molecule has 2 aliphatic rings. The Balaban J connectivity index is 1.65. The molecule has 0 aromatic heterocycles. The van der Waals surface area contributed by atoms with E-state index in [1.165, 1.54) is 56.9 Å². The van der Waals surface area contributed by atoms with E-state index in [1.807, 2.05) is 0 Å². The van der Waals surface area contributed by atoms with Crippen LogP contribution in [-0.4, -0.2) is 0 Å². The Hall–Kier alpha value is -1.04. The molecule has 0 nitrogen and oxygen atoms in total. The molecule has 1 atom stereocenters. The van der Waals surface area contributed by atoms with Crippen molar-refractivity contribution in [2.75, 3.05) is 0 Å². The van der Waals surface area contributed by atoms with Crippen LogP contribution in [0.2, 0.25) is 0 Å². The summed E-state index contributed by atoms with van der Waals surface area (Å²) in [6.45, 7) is 4.71. The van der Waals surface area contributed by atoms with Crippen molar-refractivity contribution in [3.05, 3.63) is 41.5 Å². The van der Waals surface area contributed by atoms with Gasteiger partial charge < -0.3 is 0 Å². The average Bonchev–Trinajstić information content (AvgIpc) is 2.56. The highest BCUT2D eigenvalue weighted by Gasteiger charge is 2.21. The molecule has 0 heterocycles. The van der Waals surface area contributed by atoms with Crippen molar-refractivity contribution >= 4 is 5.57 Å². The minimum Gasteiger partial charge on any atom is -0.0805 e. The van der Waals surface area contributed by atoms with Crippen LogP contribution in [0.4, 0.5) is 0 Å². The van der Waals surface area contributed by atoms with Gasteiger partial charge in [-0.1, -0.05) is 50.6 Å². The first-order valence-electron chi connectivity index (χ1n) is 9.05. The van der Waals surface area contributed by atoms with Crippen LogP contribution in [0.5, 0.6) is 0 Å². The first kappa shape index (κ1) is 14.9. The summed E-state index contributed by atoms with van der Waals surface area (Å²) >= 11 is 0.